The minimum absolute atomic E-state index is 0.115. The van der Waals surface area contributed by atoms with Crippen molar-refractivity contribution in [3.05, 3.63) is 0 Å². The smallest absolute Gasteiger partial charge is 0.230 e. The predicted molar refractivity (Wildman–Crippen MR) is 69.9 cm³/mol. The number of piperidine rings is 1. The molecule has 2 rings (SSSR count). The highest BCUT2D eigenvalue weighted by atomic mass is 16.2. The summed E-state index contributed by atoms with van der Waals surface area (Å²) in [6, 6.07) is 0.507. The van der Waals surface area contributed by atoms with Crippen molar-refractivity contribution in [3.63, 3.8) is 0 Å². The van der Waals surface area contributed by atoms with Gasteiger partial charge < -0.3 is 10.2 Å². The molecular weight excluding hydrogens is 212 g/mol. The molecule has 1 unspecified atom stereocenters. The fraction of sp³-hybridized carbons (Fsp3) is 0.929. The van der Waals surface area contributed by atoms with Gasteiger partial charge in [-0.3, -0.25) is 4.79 Å². The topological polar surface area (TPSA) is 32.3 Å². The van der Waals surface area contributed by atoms with Crippen molar-refractivity contribution in [2.24, 2.45) is 5.41 Å². The molecule has 2 fully saturated rings. The molecule has 2 aliphatic rings. The molecule has 0 radical (unpaired) electrons. The molecule has 1 heterocycles. The Morgan fingerprint density at radius 2 is 2.06 bits per heavy atom. The molecule has 17 heavy (non-hydrogen) atoms. The quantitative estimate of drug-likeness (QED) is 0.817. The first-order valence-corrected chi connectivity index (χ1v) is 7.17. The minimum atomic E-state index is -0.115. The van der Waals surface area contributed by atoms with Gasteiger partial charge in [0.1, 0.15) is 0 Å². The van der Waals surface area contributed by atoms with Gasteiger partial charge in [-0.15, -0.1) is 0 Å². The van der Waals surface area contributed by atoms with E-state index in [1.807, 2.05) is 7.05 Å². The molecule has 0 spiro atoms. The van der Waals surface area contributed by atoms with Crippen molar-refractivity contribution in [3.8, 4) is 0 Å². The lowest BCUT2D eigenvalue weighted by Gasteiger charge is -2.40. The molecule has 1 aliphatic heterocycles. The third-order valence-electron chi connectivity index (χ3n) is 4.80. The molecule has 0 aromatic carbocycles. The van der Waals surface area contributed by atoms with Crippen LogP contribution in [0.1, 0.15) is 51.9 Å². The average molecular weight is 238 g/mol. The highest BCUT2D eigenvalue weighted by Gasteiger charge is 2.41. The van der Waals surface area contributed by atoms with Crippen LogP contribution in [0.15, 0.2) is 0 Å². The van der Waals surface area contributed by atoms with Crippen LogP contribution in [0.4, 0.5) is 0 Å². The molecule has 98 valence electrons. The largest absolute Gasteiger partial charge is 0.342 e. The standard InChI is InChI=1S/C14H26N2O/c1-3-14(9-6-10-15-11-14)13(17)16(2)12-7-4-5-8-12/h12,15H,3-11H2,1-2H3. The minimum Gasteiger partial charge on any atom is -0.342 e. The zero-order valence-electron chi connectivity index (χ0n) is 11.3. The van der Waals surface area contributed by atoms with Crippen LogP contribution < -0.4 is 5.32 Å². The molecular formula is C14H26N2O. The summed E-state index contributed by atoms with van der Waals surface area (Å²) in [6.45, 7) is 4.11. The highest BCUT2D eigenvalue weighted by Crippen LogP contribution is 2.34. The van der Waals surface area contributed by atoms with E-state index in [0.717, 1.165) is 32.4 Å². The number of carbonyl (C=O) groups excluding carboxylic acids is 1. The highest BCUT2D eigenvalue weighted by molar-refractivity contribution is 5.83. The van der Waals surface area contributed by atoms with Gasteiger partial charge in [-0.1, -0.05) is 19.8 Å². The summed E-state index contributed by atoms with van der Waals surface area (Å²) < 4.78 is 0. The van der Waals surface area contributed by atoms with Crippen molar-refractivity contribution >= 4 is 5.91 Å². The van der Waals surface area contributed by atoms with Crippen molar-refractivity contribution < 1.29 is 4.79 Å². The van der Waals surface area contributed by atoms with E-state index in [1.165, 1.54) is 25.7 Å². The zero-order chi connectivity index (χ0) is 12.3. The predicted octanol–water partition coefficient (Wildman–Crippen LogP) is 2.17. The molecule has 0 aromatic rings. The number of nitrogens with zero attached hydrogens (tertiary/aromatic N) is 1. The monoisotopic (exact) mass is 238 g/mol. The van der Waals surface area contributed by atoms with Gasteiger partial charge in [0.15, 0.2) is 0 Å². The maximum atomic E-state index is 12.7. The summed E-state index contributed by atoms with van der Waals surface area (Å²) in [5, 5.41) is 3.41. The van der Waals surface area contributed by atoms with E-state index in [1.54, 1.807) is 0 Å². The first-order valence-electron chi connectivity index (χ1n) is 7.17. The van der Waals surface area contributed by atoms with E-state index in [9.17, 15) is 4.79 Å². The Kier molecular flexibility index (Phi) is 4.08. The molecule has 0 bridgehead atoms. The summed E-state index contributed by atoms with van der Waals surface area (Å²) in [5.74, 6) is 0.388. The van der Waals surface area contributed by atoms with Crippen molar-refractivity contribution in [1.29, 1.82) is 0 Å². The Balaban J connectivity index is 2.04. The fourth-order valence-electron chi connectivity index (χ4n) is 3.43. The maximum absolute atomic E-state index is 12.7. The van der Waals surface area contributed by atoms with Crippen LogP contribution in [0, 0.1) is 5.41 Å². The Labute approximate surface area is 105 Å². The van der Waals surface area contributed by atoms with E-state index in [2.05, 4.69) is 17.1 Å². The lowest BCUT2D eigenvalue weighted by molar-refractivity contribution is -0.144. The summed E-state index contributed by atoms with van der Waals surface area (Å²) in [7, 11) is 2.02. The first-order chi connectivity index (χ1) is 8.19. The molecule has 1 atom stereocenters. The summed E-state index contributed by atoms with van der Waals surface area (Å²) in [6.07, 6.45) is 8.16. The van der Waals surface area contributed by atoms with E-state index < -0.39 is 0 Å². The number of hydrogen-bond donors (Lipinski definition) is 1. The van der Waals surface area contributed by atoms with Gasteiger partial charge in [0.2, 0.25) is 5.91 Å². The Hall–Kier alpha value is -0.570. The zero-order valence-corrected chi connectivity index (χ0v) is 11.3. The molecule has 3 nitrogen and oxygen atoms in total. The normalized spacial score (nSPS) is 30.5. The van der Waals surface area contributed by atoms with Crippen molar-refractivity contribution in [1.82, 2.24) is 10.2 Å². The molecule has 1 saturated carbocycles. The van der Waals surface area contributed by atoms with Gasteiger partial charge in [0.25, 0.3) is 0 Å². The van der Waals surface area contributed by atoms with Crippen LogP contribution in [0.25, 0.3) is 0 Å². The molecule has 1 N–H and O–H groups in total. The number of hydrogen-bond acceptors (Lipinski definition) is 2. The lowest BCUT2D eigenvalue weighted by atomic mass is 9.77. The molecule has 1 aliphatic carbocycles. The summed E-state index contributed by atoms with van der Waals surface area (Å²) in [5.41, 5.74) is -0.115. The number of rotatable bonds is 3. The summed E-state index contributed by atoms with van der Waals surface area (Å²) >= 11 is 0. The van der Waals surface area contributed by atoms with Gasteiger partial charge in [-0.05, 0) is 38.6 Å². The van der Waals surface area contributed by atoms with Gasteiger partial charge in [-0.2, -0.15) is 0 Å². The Morgan fingerprint density at radius 1 is 1.35 bits per heavy atom. The molecule has 1 amide bonds. The van der Waals surface area contributed by atoms with Crippen LogP contribution in [0.5, 0.6) is 0 Å². The first kappa shape index (κ1) is 12.9. The average Bonchev–Trinajstić information content (AvgIpc) is 2.91. The third kappa shape index (κ3) is 2.49. The second-order valence-electron chi connectivity index (χ2n) is 5.77. The number of amides is 1. The van der Waals surface area contributed by atoms with Gasteiger partial charge in [-0.25, -0.2) is 0 Å². The Bertz CT molecular complexity index is 265. The number of carbonyl (C=O) groups is 1. The third-order valence-corrected chi connectivity index (χ3v) is 4.80. The molecule has 3 heteroatoms. The van der Waals surface area contributed by atoms with Crippen molar-refractivity contribution in [2.75, 3.05) is 20.1 Å². The number of nitrogens with one attached hydrogen (secondary N) is 1. The summed E-state index contributed by atoms with van der Waals surface area (Å²) in [4.78, 5) is 14.8. The molecule has 1 saturated heterocycles. The SMILES string of the molecule is CCC1(C(=O)N(C)C2CCCC2)CCCNC1. The van der Waals surface area contributed by atoms with Gasteiger partial charge in [0.05, 0.1) is 5.41 Å². The van der Waals surface area contributed by atoms with E-state index in [0.29, 0.717) is 11.9 Å². The maximum Gasteiger partial charge on any atom is 0.230 e. The van der Waals surface area contributed by atoms with Gasteiger partial charge in [0, 0.05) is 19.6 Å². The van der Waals surface area contributed by atoms with E-state index in [-0.39, 0.29) is 5.41 Å². The molecule has 0 aromatic heterocycles. The van der Waals surface area contributed by atoms with Gasteiger partial charge >= 0.3 is 0 Å². The van der Waals surface area contributed by atoms with E-state index >= 15 is 0 Å². The van der Waals surface area contributed by atoms with Crippen LogP contribution >= 0.6 is 0 Å². The fourth-order valence-corrected chi connectivity index (χ4v) is 3.43. The lowest BCUT2D eigenvalue weighted by Crippen LogP contribution is -2.52. The van der Waals surface area contributed by atoms with Crippen molar-refractivity contribution in [2.45, 2.75) is 57.9 Å². The second kappa shape index (κ2) is 5.38. The second-order valence-corrected chi connectivity index (χ2v) is 5.77. The van der Waals surface area contributed by atoms with Crippen LogP contribution in [0.2, 0.25) is 0 Å². The van der Waals surface area contributed by atoms with Crippen LogP contribution in [0.3, 0.4) is 0 Å². The Morgan fingerprint density at radius 3 is 2.59 bits per heavy atom. The van der Waals surface area contributed by atoms with Crippen LogP contribution in [-0.4, -0.2) is 37.0 Å². The van der Waals surface area contributed by atoms with E-state index in [4.69, 9.17) is 0 Å². The van der Waals surface area contributed by atoms with Crippen LogP contribution in [-0.2, 0) is 4.79 Å².